The highest BCUT2D eigenvalue weighted by atomic mass is 32.1. The van der Waals surface area contributed by atoms with Gasteiger partial charge in [0.25, 0.3) is 0 Å². The first-order chi connectivity index (χ1) is 7.02. The molecule has 1 aromatic carbocycles. The normalized spacial score (nSPS) is 8.93. The highest BCUT2D eigenvalue weighted by molar-refractivity contribution is 7.80. The molecule has 0 saturated carbocycles. The lowest BCUT2D eigenvalue weighted by molar-refractivity contribution is -0.629. The molecule has 1 aromatic rings. The van der Waals surface area contributed by atoms with Gasteiger partial charge < -0.3 is 0 Å². The van der Waals surface area contributed by atoms with Gasteiger partial charge >= 0.3 is 5.69 Å². The highest BCUT2D eigenvalue weighted by Gasteiger charge is 2.19. The molecule has 0 saturated heterocycles. The van der Waals surface area contributed by atoms with Gasteiger partial charge in [-0.25, -0.2) is 0 Å². The molecule has 0 aliphatic heterocycles. The summed E-state index contributed by atoms with van der Waals surface area (Å²) in [4.78, 5) is 13.0. The maximum Gasteiger partial charge on any atom is 0.305 e. The third kappa shape index (κ3) is 3.91. The van der Waals surface area contributed by atoms with Crippen molar-refractivity contribution in [1.82, 2.24) is 5.01 Å². The Hall–Kier alpha value is -1.03. The molecular weight excluding hydrogens is 208 g/mol. The molecule has 0 aliphatic carbocycles. The Morgan fingerprint density at radius 1 is 1.27 bits per heavy atom. The summed E-state index contributed by atoms with van der Waals surface area (Å²) in [6.07, 6.45) is 0. The van der Waals surface area contributed by atoms with Crippen LogP contribution in [0, 0.1) is 11.8 Å². The van der Waals surface area contributed by atoms with Crippen LogP contribution in [0.3, 0.4) is 0 Å². The van der Waals surface area contributed by atoms with Crippen LogP contribution in [-0.2, 0) is 0 Å². The van der Waals surface area contributed by atoms with Crippen LogP contribution in [0.1, 0.15) is 19.4 Å². The van der Waals surface area contributed by atoms with Gasteiger partial charge in [-0.15, -0.1) is 17.6 Å². The molecular formula is C11H19N2OS+. The van der Waals surface area contributed by atoms with E-state index in [9.17, 15) is 4.91 Å². The number of rotatable bonds is 2. The van der Waals surface area contributed by atoms with Gasteiger partial charge in [0.1, 0.15) is 0 Å². The molecule has 0 aliphatic rings. The van der Waals surface area contributed by atoms with Crippen LogP contribution in [-0.4, -0.2) is 24.0 Å². The van der Waals surface area contributed by atoms with Crippen LogP contribution in [0.2, 0.25) is 0 Å². The number of hydrogen-bond acceptors (Lipinski definition) is 2. The molecule has 0 bridgehead atoms. The van der Waals surface area contributed by atoms with Gasteiger partial charge in [0.05, 0.1) is 23.9 Å². The maximum atomic E-state index is 11.5. The Kier molecular flexibility index (Phi) is 6.01. The van der Waals surface area contributed by atoms with Gasteiger partial charge in [0, 0.05) is 6.07 Å². The smallest absolute Gasteiger partial charge is 0.141 e. The zero-order valence-corrected chi connectivity index (χ0v) is 10.9. The first-order valence-electron chi connectivity index (χ1n) is 4.96. The van der Waals surface area contributed by atoms with Crippen LogP contribution < -0.4 is 0 Å². The van der Waals surface area contributed by atoms with E-state index in [1.54, 1.807) is 14.1 Å². The monoisotopic (exact) mass is 227 g/mol. The van der Waals surface area contributed by atoms with Crippen LogP contribution in [0.25, 0.3) is 0 Å². The number of nitrogens with zero attached hydrogens (tertiary/aromatic N) is 2. The molecule has 0 amide bonds. The summed E-state index contributed by atoms with van der Waals surface area (Å²) in [6, 6.07) is 5.56. The van der Waals surface area contributed by atoms with Crippen molar-refractivity contribution < 1.29 is 4.87 Å². The van der Waals surface area contributed by atoms with Crippen molar-refractivity contribution in [3.8, 4) is 0 Å². The standard InChI is InChI=1S/C9H12N2OS.C2H6/c1-7-4-5-9(13)8(6-7)11(12)10(2)3;1-2/h4-6H,1-3H3;1-2H3/p+1. The number of thiol groups is 1. The van der Waals surface area contributed by atoms with E-state index in [0.29, 0.717) is 10.6 Å². The second-order valence-corrected chi connectivity index (χ2v) is 3.59. The Balaban J connectivity index is 0.000000921. The third-order valence-electron chi connectivity index (χ3n) is 1.70. The molecule has 0 aromatic heterocycles. The Morgan fingerprint density at radius 2 is 1.80 bits per heavy atom. The first kappa shape index (κ1) is 14.0. The molecule has 0 spiro atoms. The molecule has 1 rings (SSSR count). The maximum absolute atomic E-state index is 11.5. The zero-order valence-electron chi connectivity index (χ0n) is 9.98. The zero-order chi connectivity index (χ0) is 12.0. The van der Waals surface area contributed by atoms with Crippen molar-refractivity contribution >= 4 is 18.3 Å². The summed E-state index contributed by atoms with van der Waals surface area (Å²) in [5.41, 5.74) is 1.63. The number of hydrazine groups is 1. The lowest BCUT2D eigenvalue weighted by atomic mass is 10.2. The van der Waals surface area contributed by atoms with Gasteiger partial charge in [0.2, 0.25) is 0 Å². The van der Waals surface area contributed by atoms with Crippen LogP contribution in [0.4, 0.5) is 5.69 Å². The van der Waals surface area contributed by atoms with Gasteiger partial charge in [-0.05, 0) is 18.6 Å². The van der Waals surface area contributed by atoms with E-state index in [1.807, 2.05) is 39.0 Å². The topological polar surface area (TPSA) is 23.3 Å². The van der Waals surface area contributed by atoms with E-state index in [1.165, 1.54) is 5.01 Å². The van der Waals surface area contributed by atoms with Crippen LogP contribution in [0.15, 0.2) is 23.1 Å². The van der Waals surface area contributed by atoms with Crippen LogP contribution >= 0.6 is 12.6 Å². The Labute approximate surface area is 97.1 Å². The summed E-state index contributed by atoms with van der Waals surface area (Å²) in [7, 11) is 3.39. The minimum atomic E-state index is 0.577. The number of benzene rings is 1. The molecule has 0 fully saturated rings. The van der Waals surface area contributed by atoms with E-state index in [4.69, 9.17) is 0 Å². The van der Waals surface area contributed by atoms with Crippen molar-refractivity contribution in [3.05, 3.63) is 28.7 Å². The first-order valence-corrected chi connectivity index (χ1v) is 5.41. The van der Waals surface area contributed by atoms with Crippen LogP contribution in [0.5, 0.6) is 0 Å². The highest BCUT2D eigenvalue weighted by Crippen LogP contribution is 2.23. The largest absolute Gasteiger partial charge is 0.305 e. The van der Waals surface area contributed by atoms with E-state index >= 15 is 0 Å². The second-order valence-electron chi connectivity index (χ2n) is 3.11. The number of nitroso groups, excluding NO2 is 1. The number of hydrogen-bond donors (Lipinski definition) is 1. The van der Waals surface area contributed by atoms with Crippen molar-refractivity contribution in [2.24, 2.45) is 0 Å². The summed E-state index contributed by atoms with van der Waals surface area (Å²) >= 11 is 4.21. The van der Waals surface area contributed by atoms with Gasteiger partial charge in [-0.3, -0.25) is 0 Å². The fourth-order valence-corrected chi connectivity index (χ4v) is 1.23. The van der Waals surface area contributed by atoms with Crippen molar-refractivity contribution in [3.63, 3.8) is 0 Å². The van der Waals surface area contributed by atoms with Gasteiger partial charge in [-0.1, -0.05) is 19.9 Å². The SMILES string of the molecule is CC.Cc1ccc(S)c([N+](=O)N(C)C)c1. The molecule has 0 atom stereocenters. The van der Waals surface area contributed by atoms with E-state index in [2.05, 4.69) is 12.6 Å². The molecule has 3 nitrogen and oxygen atoms in total. The quantitative estimate of drug-likeness (QED) is 0.476. The van der Waals surface area contributed by atoms with E-state index < -0.39 is 0 Å². The second kappa shape index (κ2) is 6.45. The Bertz CT molecular complexity index is 337. The summed E-state index contributed by atoms with van der Waals surface area (Å²) < 4.78 is 0. The fourth-order valence-electron chi connectivity index (χ4n) is 1.00. The number of aryl methyl sites for hydroxylation is 1. The summed E-state index contributed by atoms with van der Waals surface area (Å²) in [6.45, 7) is 5.94. The fraction of sp³-hybridized carbons (Fsp3) is 0.455. The predicted molar refractivity (Wildman–Crippen MR) is 66.8 cm³/mol. The van der Waals surface area contributed by atoms with Crippen molar-refractivity contribution in [2.75, 3.05) is 14.1 Å². The molecule has 15 heavy (non-hydrogen) atoms. The average molecular weight is 227 g/mol. The minimum Gasteiger partial charge on any atom is -0.141 e. The molecule has 0 N–H and O–H groups in total. The lowest BCUT2D eigenvalue weighted by Gasteiger charge is -2.02. The summed E-state index contributed by atoms with van der Waals surface area (Å²) in [5.74, 6) is 0. The van der Waals surface area contributed by atoms with Crippen molar-refractivity contribution in [2.45, 2.75) is 25.7 Å². The lowest BCUT2D eigenvalue weighted by Crippen LogP contribution is -2.21. The van der Waals surface area contributed by atoms with E-state index in [-0.39, 0.29) is 0 Å². The molecule has 84 valence electrons. The summed E-state index contributed by atoms with van der Waals surface area (Å²) in [5, 5.41) is 1.47. The van der Waals surface area contributed by atoms with Crippen molar-refractivity contribution in [1.29, 1.82) is 0 Å². The molecule has 4 heteroatoms. The van der Waals surface area contributed by atoms with Gasteiger partial charge in [0.15, 0.2) is 4.87 Å². The minimum absolute atomic E-state index is 0.577. The average Bonchev–Trinajstić information content (AvgIpc) is 2.23. The van der Waals surface area contributed by atoms with E-state index in [0.717, 1.165) is 10.4 Å². The molecule has 0 heterocycles. The molecule has 0 unspecified atom stereocenters. The van der Waals surface area contributed by atoms with Gasteiger partial charge in [-0.2, -0.15) is 0 Å². The third-order valence-corrected chi connectivity index (χ3v) is 2.08. The predicted octanol–water partition coefficient (Wildman–Crippen LogP) is 3.20. The Morgan fingerprint density at radius 3 is 2.27 bits per heavy atom. The molecule has 0 radical (unpaired) electrons.